The summed E-state index contributed by atoms with van der Waals surface area (Å²) < 4.78 is 26.1. The molecule has 114 valence electrons. The largest absolute Gasteiger partial charge is 0.280 e. The number of hydrogen-bond donors (Lipinski definition) is 2. The van der Waals surface area contributed by atoms with Gasteiger partial charge in [0.1, 0.15) is 0 Å². The van der Waals surface area contributed by atoms with E-state index < -0.39 is 10.0 Å². The van der Waals surface area contributed by atoms with Gasteiger partial charge in [0.2, 0.25) is 10.0 Å². The van der Waals surface area contributed by atoms with Gasteiger partial charge in [-0.3, -0.25) is 9.82 Å². The van der Waals surface area contributed by atoms with E-state index in [-0.39, 0.29) is 5.75 Å². The van der Waals surface area contributed by atoms with Crippen LogP contribution in [-0.4, -0.2) is 24.4 Å². The van der Waals surface area contributed by atoms with Crippen LogP contribution >= 0.6 is 0 Å². The molecule has 20 heavy (non-hydrogen) atoms. The van der Waals surface area contributed by atoms with Crippen LogP contribution < -0.4 is 4.72 Å². The fourth-order valence-electron chi connectivity index (χ4n) is 2.77. The third kappa shape index (κ3) is 4.81. The van der Waals surface area contributed by atoms with Crippen LogP contribution in [0.15, 0.2) is 6.07 Å². The number of anilines is 1. The number of H-pyrrole nitrogens is 1. The van der Waals surface area contributed by atoms with Crippen molar-refractivity contribution in [1.82, 2.24) is 10.2 Å². The monoisotopic (exact) mass is 299 g/mol. The van der Waals surface area contributed by atoms with Gasteiger partial charge in [-0.2, -0.15) is 5.10 Å². The molecule has 1 aliphatic carbocycles. The SMILES string of the molecule is CCCCS(=O)(=O)Nc1cc(CC2CCCCC2)[nH]n1. The first kappa shape index (κ1) is 15.4. The van der Waals surface area contributed by atoms with Crippen LogP contribution in [0.2, 0.25) is 0 Å². The Morgan fingerprint density at radius 1 is 1.35 bits per heavy atom. The van der Waals surface area contributed by atoms with E-state index in [1.54, 1.807) is 0 Å². The van der Waals surface area contributed by atoms with Crippen molar-refractivity contribution in [2.24, 2.45) is 5.92 Å². The summed E-state index contributed by atoms with van der Waals surface area (Å²) in [6, 6.07) is 1.83. The van der Waals surface area contributed by atoms with Gasteiger partial charge in [-0.25, -0.2) is 8.42 Å². The maximum absolute atomic E-state index is 11.8. The van der Waals surface area contributed by atoms with Crippen molar-refractivity contribution in [2.75, 3.05) is 10.5 Å². The minimum atomic E-state index is -3.25. The Balaban J connectivity index is 1.88. The standard InChI is InChI=1S/C14H25N3O2S/c1-2-3-9-20(18,19)17-14-11-13(15-16-14)10-12-7-5-4-6-8-12/h11-12H,2-10H2,1H3,(H2,15,16,17). The van der Waals surface area contributed by atoms with Gasteiger partial charge in [0, 0.05) is 11.8 Å². The van der Waals surface area contributed by atoms with Crippen molar-refractivity contribution in [3.05, 3.63) is 11.8 Å². The molecule has 0 aromatic carbocycles. The van der Waals surface area contributed by atoms with E-state index in [1.807, 2.05) is 13.0 Å². The van der Waals surface area contributed by atoms with Gasteiger partial charge in [-0.05, 0) is 18.8 Å². The highest BCUT2D eigenvalue weighted by Gasteiger charge is 2.16. The van der Waals surface area contributed by atoms with Gasteiger partial charge in [0.05, 0.1) is 5.75 Å². The molecule has 1 aromatic heterocycles. The zero-order valence-electron chi connectivity index (χ0n) is 12.2. The Labute approximate surface area is 121 Å². The smallest absolute Gasteiger partial charge is 0.233 e. The molecule has 2 N–H and O–H groups in total. The summed E-state index contributed by atoms with van der Waals surface area (Å²) >= 11 is 0. The maximum Gasteiger partial charge on any atom is 0.233 e. The molecule has 5 nitrogen and oxygen atoms in total. The lowest BCUT2D eigenvalue weighted by Gasteiger charge is -2.20. The molecule has 1 fully saturated rings. The molecule has 0 unspecified atom stereocenters. The third-order valence-corrected chi connectivity index (χ3v) is 5.24. The quantitative estimate of drug-likeness (QED) is 0.812. The number of nitrogens with zero attached hydrogens (tertiary/aromatic N) is 1. The minimum absolute atomic E-state index is 0.161. The Morgan fingerprint density at radius 2 is 2.10 bits per heavy atom. The van der Waals surface area contributed by atoms with Crippen LogP contribution in [0.3, 0.4) is 0 Å². The van der Waals surface area contributed by atoms with Gasteiger partial charge >= 0.3 is 0 Å². The number of sulfonamides is 1. The first-order valence-electron chi connectivity index (χ1n) is 7.64. The van der Waals surface area contributed by atoms with E-state index in [0.29, 0.717) is 18.2 Å². The molecule has 1 aliphatic rings. The average molecular weight is 299 g/mol. The molecule has 2 rings (SSSR count). The molecule has 1 saturated carbocycles. The van der Waals surface area contributed by atoms with Crippen LogP contribution in [0.4, 0.5) is 5.82 Å². The van der Waals surface area contributed by atoms with Crippen molar-refractivity contribution in [1.29, 1.82) is 0 Å². The van der Waals surface area contributed by atoms with Crippen LogP contribution in [0.5, 0.6) is 0 Å². The Morgan fingerprint density at radius 3 is 2.80 bits per heavy atom. The van der Waals surface area contributed by atoms with Crippen LogP contribution in [0.1, 0.15) is 57.6 Å². The highest BCUT2D eigenvalue weighted by molar-refractivity contribution is 7.92. The fourth-order valence-corrected chi connectivity index (χ4v) is 3.96. The van der Waals surface area contributed by atoms with E-state index in [1.165, 1.54) is 32.1 Å². The summed E-state index contributed by atoms with van der Waals surface area (Å²) in [6.07, 6.45) is 9.05. The van der Waals surface area contributed by atoms with Gasteiger partial charge < -0.3 is 0 Å². The lowest BCUT2D eigenvalue weighted by molar-refractivity contribution is 0.354. The van der Waals surface area contributed by atoms with Crippen molar-refractivity contribution in [3.8, 4) is 0 Å². The van der Waals surface area contributed by atoms with Crippen LogP contribution in [0.25, 0.3) is 0 Å². The first-order valence-corrected chi connectivity index (χ1v) is 9.29. The topological polar surface area (TPSA) is 74.8 Å². The molecule has 0 aliphatic heterocycles. The summed E-state index contributed by atoms with van der Waals surface area (Å²) in [7, 11) is -3.25. The van der Waals surface area contributed by atoms with Crippen molar-refractivity contribution in [3.63, 3.8) is 0 Å². The van der Waals surface area contributed by atoms with Crippen molar-refractivity contribution < 1.29 is 8.42 Å². The second kappa shape index (κ2) is 7.11. The number of aromatic nitrogens is 2. The Kier molecular flexibility index (Phi) is 5.46. The predicted molar refractivity (Wildman–Crippen MR) is 81.2 cm³/mol. The molecule has 0 bridgehead atoms. The van der Waals surface area contributed by atoms with E-state index in [2.05, 4.69) is 14.9 Å². The second-order valence-corrected chi connectivity index (χ2v) is 7.60. The van der Waals surface area contributed by atoms with E-state index in [9.17, 15) is 8.42 Å². The zero-order chi connectivity index (χ0) is 14.4. The highest BCUT2D eigenvalue weighted by Crippen LogP contribution is 2.26. The van der Waals surface area contributed by atoms with Gasteiger partial charge in [-0.1, -0.05) is 45.4 Å². The summed E-state index contributed by atoms with van der Waals surface area (Å²) in [5, 5.41) is 7.01. The molecule has 0 spiro atoms. The molecule has 1 aromatic rings. The fraction of sp³-hybridized carbons (Fsp3) is 0.786. The predicted octanol–water partition coefficient (Wildman–Crippen LogP) is 3.07. The van der Waals surface area contributed by atoms with Crippen molar-refractivity contribution >= 4 is 15.8 Å². The molecule has 0 radical (unpaired) electrons. The van der Waals surface area contributed by atoms with Gasteiger partial charge in [-0.15, -0.1) is 0 Å². The van der Waals surface area contributed by atoms with Crippen LogP contribution in [0, 0.1) is 5.92 Å². The lowest BCUT2D eigenvalue weighted by atomic mass is 9.86. The highest BCUT2D eigenvalue weighted by atomic mass is 32.2. The molecule has 0 saturated heterocycles. The number of unbranched alkanes of at least 4 members (excludes halogenated alkanes) is 1. The molecular weight excluding hydrogens is 274 g/mol. The van der Waals surface area contributed by atoms with Crippen molar-refractivity contribution in [2.45, 2.75) is 58.3 Å². The number of hydrogen-bond acceptors (Lipinski definition) is 3. The van der Waals surface area contributed by atoms with Crippen LogP contribution in [-0.2, 0) is 16.4 Å². The molecule has 6 heteroatoms. The molecule has 1 heterocycles. The maximum atomic E-state index is 11.8. The minimum Gasteiger partial charge on any atom is -0.280 e. The van der Waals surface area contributed by atoms with E-state index >= 15 is 0 Å². The molecular formula is C14H25N3O2S. The Hall–Kier alpha value is -1.04. The van der Waals surface area contributed by atoms with Gasteiger partial charge in [0.15, 0.2) is 5.82 Å². The zero-order valence-corrected chi connectivity index (χ0v) is 13.0. The second-order valence-electron chi connectivity index (χ2n) is 5.76. The third-order valence-electron chi connectivity index (χ3n) is 3.89. The first-order chi connectivity index (χ1) is 9.59. The number of rotatable bonds is 7. The average Bonchev–Trinajstić information content (AvgIpc) is 2.84. The number of aromatic amines is 1. The molecule has 0 atom stereocenters. The summed E-state index contributed by atoms with van der Waals surface area (Å²) in [6.45, 7) is 1.98. The Bertz CT molecular complexity index is 504. The van der Waals surface area contributed by atoms with E-state index in [0.717, 1.165) is 18.5 Å². The lowest BCUT2D eigenvalue weighted by Crippen LogP contribution is -2.16. The summed E-state index contributed by atoms with van der Waals surface area (Å²) in [5.41, 5.74) is 1.03. The van der Waals surface area contributed by atoms with E-state index in [4.69, 9.17) is 0 Å². The summed E-state index contributed by atoms with van der Waals surface area (Å²) in [4.78, 5) is 0. The normalized spacial score (nSPS) is 17.2. The summed E-state index contributed by atoms with van der Waals surface area (Å²) in [5.74, 6) is 1.30. The number of nitrogens with one attached hydrogen (secondary N) is 2. The van der Waals surface area contributed by atoms with Gasteiger partial charge in [0.25, 0.3) is 0 Å². The molecule has 0 amide bonds.